The van der Waals surface area contributed by atoms with E-state index in [9.17, 15) is 17.6 Å². The maximum Gasteiger partial charge on any atom is 0.251 e. The molecule has 0 aliphatic heterocycles. The van der Waals surface area contributed by atoms with Crippen molar-refractivity contribution in [3.05, 3.63) is 59.4 Å². The van der Waals surface area contributed by atoms with Gasteiger partial charge in [0.15, 0.2) is 0 Å². The highest BCUT2D eigenvalue weighted by Gasteiger charge is 2.29. The second-order valence-electron chi connectivity index (χ2n) is 7.40. The van der Waals surface area contributed by atoms with Gasteiger partial charge in [0.05, 0.1) is 13.2 Å². The summed E-state index contributed by atoms with van der Waals surface area (Å²) in [4.78, 5) is 12.7. The average Bonchev–Trinajstić information content (AvgIpc) is 2.65. The molecule has 0 aromatic heterocycles. The van der Waals surface area contributed by atoms with E-state index in [2.05, 4.69) is 10.0 Å². The summed E-state index contributed by atoms with van der Waals surface area (Å²) in [5, 5.41) is 2.93. The number of nitrogens with one attached hydrogen (secondary N) is 2. The molecular formula is C20H25FN2O4S. The van der Waals surface area contributed by atoms with Crippen LogP contribution in [-0.2, 0) is 10.0 Å². The lowest BCUT2D eigenvalue weighted by Gasteiger charge is -2.32. The van der Waals surface area contributed by atoms with E-state index < -0.39 is 22.0 Å². The molecule has 0 aliphatic rings. The van der Waals surface area contributed by atoms with Crippen LogP contribution in [-0.4, -0.2) is 28.5 Å². The Morgan fingerprint density at radius 3 is 2.21 bits per heavy atom. The summed E-state index contributed by atoms with van der Waals surface area (Å²) in [6, 6.07) is 9.70. The zero-order chi connectivity index (χ0) is 21.1. The monoisotopic (exact) mass is 408 g/mol. The smallest absolute Gasteiger partial charge is 0.251 e. The highest BCUT2D eigenvalue weighted by molar-refractivity contribution is 7.89. The summed E-state index contributed by atoms with van der Waals surface area (Å²) in [5.74, 6) is -0.670. The Balaban J connectivity index is 2.41. The summed E-state index contributed by atoms with van der Waals surface area (Å²) >= 11 is 0. The zero-order valence-corrected chi connectivity index (χ0v) is 17.4. The largest absolute Gasteiger partial charge is 0.495 e. The third-order valence-corrected chi connectivity index (χ3v) is 5.76. The molecular weight excluding hydrogens is 383 g/mol. The number of hydrogen-bond acceptors (Lipinski definition) is 4. The van der Waals surface area contributed by atoms with Crippen molar-refractivity contribution in [3.63, 3.8) is 0 Å². The summed E-state index contributed by atoms with van der Waals surface area (Å²) < 4.78 is 45.1. The molecule has 152 valence electrons. The van der Waals surface area contributed by atoms with Gasteiger partial charge in [-0.2, -0.15) is 0 Å². The van der Waals surface area contributed by atoms with E-state index in [1.807, 2.05) is 20.8 Å². The van der Waals surface area contributed by atoms with Crippen LogP contribution in [0.25, 0.3) is 0 Å². The van der Waals surface area contributed by atoms with Crippen LogP contribution in [0.1, 0.15) is 42.7 Å². The number of benzene rings is 2. The molecule has 0 saturated heterocycles. The van der Waals surface area contributed by atoms with Crippen LogP contribution in [0, 0.1) is 11.2 Å². The zero-order valence-electron chi connectivity index (χ0n) is 16.5. The second-order valence-corrected chi connectivity index (χ2v) is 9.25. The van der Waals surface area contributed by atoms with Crippen molar-refractivity contribution >= 4 is 15.9 Å². The van der Waals surface area contributed by atoms with Crippen LogP contribution in [0.2, 0.25) is 0 Å². The van der Waals surface area contributed by atoms with Gasteiger partial charge in [-0.1, -0.05) is 32.9 Å². The third kappa shape index (κ3) is 4.88. The molecule has 0 fully saturated rings. The molecule has 2 aromatic rings. The number of ether oxygens (including phenoxy) is 1. The maximum atomic E-state index is 13.3. The van der Waals surface area contributed by atoms with E-state index in [1.54, 1.807) is 12.1 Å². The minimum atomic E-state index is -3.81. The lowest BCUT2D eigenvalue weighted by Crippen LogP contribution is -2.36. The molecule has 2 aromatic carbocycles. The highest BCUT2D eigenvalue weighted by atomic mass is 32.2. The highest BCUT2D eigenvalue weighted by Crippen LogP contribution is 2.33. The van der Waals surface area contributed by atoms with Crippen LogP contribution in [0.4, 0.5) is 4.39 Å². The Morgan fingerprint density at radius 2 is 1.71 bits per heavy atom. The Morgan fingerprint density at radius 1 is 1.11 bits per heavy atom. The number of amides is 1. The number of halogens is 1. The van der Waals surface area contributed by atoms with Crippen LogP contribution in [0.5, 0.6) is 5.75 Å². The SMILES string of the molecule is CNS(=O)(=O)c1cc(C(=O)NC(c2ccc(F)cc2)C(C)(C)C)ccc1OC. The fourth-order valence-corrected chi connectivity index (χ4v) is 3.73. The van der Waals surface area contributed by atoms with Gasteiger partial charge < -0.3 is 10.1 Å². The molecule has 28 heavy (non-hydrogen) atoms. The second kappa shape index (κ2) is 8.28. The van der Waals surface area contributed by atoms with Crippen LogP contribution >= 0.6 is 0 Å². The lowest BCUT2D eigenvalue weighted by atomic mass is 9.82. The first-order valence-electron chi connectivity index (χ1n) is 8.67. The van der Waals surface area contributed by atoms with Gasteiger partial charge in [-0.15, -0.1) is 0 Å². The van der Waals surface area contributed by atoms with Crippen molar-refractivity contribution in [2.24, 2.45) is 5.41 Å². The topological polar surface area (TPSA) is 84.5 Å². The Bertz CT molecular complexity index is 951. The van der Waals surface area contributed by atoms with Crippen molar-refractivity contribution in [1.29, 1.82) is 0 Å². The molecule has 0 heterocycles. The molecule has 1 amide bonds. The van der Waals surface area contributed by atoms with Crippen molar-refractivity contribution in [2.45, 2.75) is 31.7 Å². The van der Waals surface area contributed by atoms with E-state index in [0.717, 1.165) is 5.56 Å². The van der Waals surface area contributed by atoms with Crippen molar-refractivity contribution in [1.82, 2.24) is 10.0 Å². The Hall–Kier alpha value is -2.45. The van der Waals surface area contributed by atoms with Crippen molar-refractivity contribution in [2.75, 3.05) is 14.2 Å². The quantitative estimate of drug-likeness (QED) is 0.768. The fourth-order valence-electron chi connectivity index (χ4n) is 2.81. The Labute approximate surface area is 165 Å². The van der Waals surface area contributed by atoms with E-state index in [4.69, 9.17) is 4.74 Å². The van der Waals surface area contributed by atoms with Crippen LogP contribution < -0.4 is 14.8 Å². The van der Waals surface area contributed by atoms with E-state index in [0.29, 0.717) is 0 Å². The van der Waals surface area contributed by atoms with Gasteiger partial charge in [-0.05, 0) is 48.4 Å². The minimum Gasteiger partial charge on any atom is -0.495 e. The molecule has 0 spiro atoms. The molecule has 6 nitrogen and oxygen atoms in total. The molecule has 0 aliphatic carbocycles. The van der Waals surface area contributed by atoms with Crippen molar-refractivity contribution in [3.8, 4) is 5.75 Å². The van der Waals surface area contributed by atoms with Crippen LogP contribution in [0.15, 0.2) is 47.4 Å². The Kier molecular flexibility index (Phi) is 6.46. The molecule has 8 heteroatoms. The van der Waals surface area contributed by atoms with E-state index in [1.165, 1.54) is 44.5 Å². The predicted octanol–water partition coefficient (Wildman–Crippen LogP) is 3.26. The standard InChI is InChI=1S/C20H25FN2O4S/c1-20(2,3)18(13-6-9-15(21)10-7-13)23-19(24)14-8-11-16(27-5)17(12-14)28(25,26)22-4/h6-12,18,22H,1-5H3,(H,23,24). The number of carbonyl (C=O) groups is 1. The molecule has 2 rings (SSSR count). The van der Waals surface area contributed by atoms with Crippen molar-refractivity contribution < 1.29 is 22.3 Å². The number of methoxy groups -OCH3 is 1. The first kappa shape index (κ1) is 21.8. The van der Waals surface area contributed by atoms with E-state index >= 15 is 0 Å². The van der Waals surface area contributed by atoms with Gasteiger partial charge in [-0.3, -0.25) is 4.79 Å². The van der Waals surface area contributed by atoms with Gasteiger partial charge in [0.1, 0.15) is 16.5 Å². The number of hydrogen-bond donors (Lipinski definition) is 2. The summed E-state index contributed by atoms with van der Waals surface area (Å²) in [6.45, 7) is 5.85. The number of carbonyl (C=O) groups excluding carboxylic acids is 1. The first-order chi connectivity index (χ1) is 13.0. The van der Waals surface area contributed by atoms with Gasteiger partial charge in [0.25, 0.3) is 5.91 Å². The van der Waals surface area contributed by atoms with Gasteiger partial charge in [0.2, 0.25) is 10.0 Å². The maximum absolute atomic E-state index is 13.3. The molecule has 1 unspecified atom stereocenters. The third-order valence-electron chi connectivity index (χ3n) is 4.33. The normalized spacial score (nSPS) is 13.1. The van der Waals surface area contributed by atoms with Gasteiger partial charge >= 0.3 is 0 Å². The molecule has 0 saturated carbocycles. The van der Waals surface area contributed by atoms with Gasteiger partial charge in [0, 0.05) is 5.56 Å². The number of rotatable bonds is 6. The molecule has 1 atom stereocenters. The molecule has 0 bridgehead atoms. The lowest BCUT2D eigenvalue weighted by molar-refractivity contribution is 0.0901. The molecule has 0 radical (unpaired) electrons. The predicted molar refractivity (Wildman–Crippen MR) is 105 cm³/mol. The fraction of sp³-hybridized carbons (Fsp3) is 0.350. The summed E-state index contributed by atoms with van der Waals surface area (Å²) in [6.07, 6.45) is 0. The average molecular weight is 408 g/mol. The molecule has 2 N–H and O–H groups in total. The number of sulfonamides is 1. The van der Waals surface area contributed by atoms with Crippen LogP contribution in [0.3, 0.4) is 0 Å². The first-order valence-corrected chi connectivity index (χ1v) is 10.2. The van der Waals surface area contributed by atoms with Gasteiger partial charge in [-0.25, -0.2) is 17.5 Å². The van der Waals surface area contributed by atoms with E-state index in [-0.39, 0.29) is 27.4 Å². The summed E-state index contributed by atoms with van der Waals surface area (Å²) in [7, 11) is -1.17. The summed E-state index contributed by atoms with van der Waals surface area (Å²) in [5.41, 5.74) is 0.560. The minimum absolute atomic E-state index is 0.126.